The SMILES string of the molecule is CC(C)(C)C(=O)N1CCN(c2ccccc2NC(=O)c2ccc3c(c2)CC(Cl)(Cl)C3=O)CC1. The molecule has 174 valence electrons. The summed E-state index contributed by atoms with van der Waals surface area (Å²) in [5, 5.41) is 2.99. The van der Waals surface area contributed by atoms with Crippen LogP contribution in [0.2, 0.25) is 0 Å². The Balaban J connectivity index is 1.48. The second-order valence-corrected chi connectivity index (χ2v) is 11.1. The van der Waals surface area contributed by atoms with Gasteiger partial charge >= 0.3 is 0 Å². The third-order valence-electron chi connectivity index (χ3n) is 6.06. The molecule has 0 unspecified atom stereocenters. The van der Waals surface area contributed by atoms with Crippen LogP contribution in [-0.4, -0.2) is 53.0 Å². The third-order valence-corrected chi connectivity index (χ3v) is 6.67. The van der Waals surface area contributed by atoms with Crippen LogP contribution in [0.3, 0.4) is 0 Å². The van der Waals surface area contributed by atoms with E-state index in [-0.39, 0.29) is 24.0 Å². The van der Waals surface area contributed by atoms with Crippen LogP contribution in [-0.2, 0) is 11.2 Å². The van der Waals surface area contributed by atoms with E-state index in [1.807, 2.05) is 49.9 Å². The van der Waals surface area contributed by atoms with E-state index in [2.05, 4.69) is 10.2 Å². The predicted molar refractivity (Wildman–Crippen MR) is 132 cm³/mol. The van der Waals surface area contributed by atoms with Gasteiger partial charge in [0.1, 0.15) is 0 Å². The van der Waals surface area contributed by atoms with E-state index in [0.29, 0.717) is 48.6 Å². The van der Waals surface area contributed by atoms with Crippen molar-refractivity contribution in [3.8, 4) is 0 Å². The number of fused-ring (bicyclic) bond motifs is 1. The van der Waals surface area contributed by atoms with Gasteiger partial charge in [0, 0.05) is 49.1 Å². The van der Waals surface area contributed by atoms with E-state index >= 15 is 0 Å². The molecule has 1 aliphatic heterocycles. The lowest BCUT2D eigenvalue weighted by atomic mass is 9.94. The molecule has 8 heteroatoms. The van der Waals surface area contributed by atoms with Crippen LogP contribution in [0.25, 0.3) is 0 Å². The van der Waals surface area contributed by atoms with Crippen molar-refractivity contribution in [3.63, 3.8) is 0 Å². The van der Waals surface area contributed by atoms with Gasteiger partial charge in [-0.3, -0.25) is 14.4 Å². The lowest BCUT2D eigenvalue weighted by molar-refractivity contribution is -0.139. The maximum atomic E-state index is 13.0. The average Bonchev–Trinajstić information content (AvgIpc) is 3.00. The van der Waals surface area contributed by atoms with Gasteiger partial charge in [-0.25, -0.2) is 0 Å². The number of nitrogens with one attached hydrogen (secondary N) is 1. The number of benzene rings is 2. The molecule has 0 spiro atoms. The topological polar surface area (TPSA) is 69.7 Å². The molecule has 1 saturated heterocycles. The molecule has 0 saturated carbocycles. The Morgan fingerprint density at radius 2 is 1.67 bits per heavy atom. The molecule has 2 aromatic rings. The van der Waals surface area contributed by atoms with Crippen molar-refractivity contribution in [1.29, 1.82) is 0 Å². The molecule has 2 aliphatic rings. The molecule has 6 nitrogen and oxygen atoms in total. The van der Waals surface area contributed by atoms with Gasteiger partial charge in [-0.2, -0.15) is 0 Å². The van der Waals surface area contributed by atoms with Crippen LogP contribution in [0.4, 0.5) is 11.4 Å². The largest absolute Gasteiger partial charge is 0.366 e. The monoisotopic (exact) mass is 487 g/mol. The molecule has 0 atom stereocenters. The first-order valence-corrected chi connectivity index (χ1v) is 11.7. The van der Waals surface area contributed by atoms with Gasteiger partial charge in [-0.05, 0) is 29.8 Å². The molecule has 0 bridgehead atoms. The van der Waals surface area contributed by atoms with Gasteiger partial charge in [0.2, 0.25) is 5.91 Å². The molecule has 2 amide bonds. The van der Waals surface area contributed by atoms with Gasteiger partial charge in [-0.1, -0.05) is 62.2 Å². The predicted octanol–water partition coefficient (Wildman–Crippen LogP) is 4.55. The Morgan fingerprint density at radius 3 is 2.33 bits per heavy atom. The second-order valence-electron chi connectivity index (χ2n) is 9.58. The Morgan fingerprint density at radius 1 is 1.00 bits per heavy atom. The van der Waals surface area contributed by atoms with Crippen LogP contribution < -0.4 is 10.2 Å². The first kappa shape index (κ1) is 23.6. The minimum atomic E-state index is -1.47. The minimum Gasteiger partial charge on any atom is -0.366 e. The Hall–Kier alpha value is -2.57. The highest BCUT2D eigenvalue weighted by molar-refractivity contribution is 6.61. The minimum absolute atomic E-state index is 0.150. The molecular formula is C25H27Cl2N3O3. The fourth-order valence-corrected chi connectivity index (χ4v) is 4.79. The van der Waals surface area contributed by atoms with E-state index in [4.69, 9.17) is 23.2 Å². The Kier molecular flexibility index (Phi) is 6.18. The van der Waals surface area contributed by atoms with Crippen molar-refractivity contribution >= 4 is 52.2 Å². The molecule has 33 heavy (non-hydrogen) atoms. The van der Waals surface area contributed by atoms with Crippen molar-refractivity contribution < 1.29 is 14.4 Å². The lowest BCUT2D eigenvalue weighted by Gasteiger charge is -2.39. The van der Waals surface area contributed by atoms with E-state index in [1.165, 1.54) is 0 Å². The number of para-hydroxylation sites is 2. The quantitative estimate of drug-likeness (QED) is 0.644. The maximum absolute atomic E-state index is 13.0. The second kappa shape index (κ2) is 8.65. The number of piperazine rings is 1. The third kappa shape index (κ3) is 4.73. The van der Waals surface area contributed by atoms with Crippen molar-refractivity contribution in [2.75, 3.05) is 36.4 Å². The molecule has 1 heterocycles. The summed E-state index contributed by atoms with van der Waals surface area (Å²) in [6.07, 6.45) is 0.180. The number of Topliss-reactive ketones (excluding diaryl/α,β-unsaturated/α-hetero) is 1. The fraction of sp³-hybridized carbons (Fsp3) is 0.400. The Labute approximate surface area is 203 Å². The van der Waals surface area contributed by atoms with Crippen molar-refractivity contribution in [3.05, 3.63) is 59.2 Å². The van der Waals surface area contributed by atoms with E-state index in [0.717, 1.165) is 5.69 Å². The van der Waals surface area contributed by atoms with Crippen molar-refractivity contribution in [2.45, 2.75) is 31.5 Å². The molecule has 2 aromatic carbocycles. The zero-order valence-electron chi connectivity index (χ0n) is 19.0. The zero-order valence-corrected chi connectivity index (χ0v) is 20.5. The van der Waals surface area contributed by atoms with Gasteiger partial charge in [0.25, 0.3) is 5.91 Å². The number of hydrogen-bond acceptors (Lipinski definition) is 4. The summed E-state index contributed by atoms with van der Waals surface area (Å²) in [7, 11) is 0. The van der Waals surface area contributed by atoms with E-state index in [9.17, 15) is 14.4 Å². The summed E-state index contributed by atoms with van der Waals surface area (Å²) in [5.41, 5.74) is 2.76. The first-order valence-electron chi connectivity index (χ1n) is 11.0. The summed E-state index contributed by atoms with van der Waals surface area (Å²) >= 11 is 12.2. The number of anilines is 2. The number of alkyl halides is 2. The summed E-state index contributed by atoms with van der Waals surface area (Å²) in [6, 6.07) is 12.5. The molecule has 4 rings (SSSR count). The van der Waals surface area contributed by atoms with Crippen LogP contribution >= 0.6 is 23.2 Å². The molecule has 1 fully saturated rings. The normalized spacial score (nSPS) is 17.7. The number of carbonyl (C=O) groups is 3. The number of halogens is 2. The molecule has 0 radical (unpaired) electrons. The number of amides is 2. The molecular weight excluding hydrogens is 461 g/mol. The highest BCUT2D eigenvalue weighted by atomic mass is 35.5. The van der Waals surface area contributed by atoms with Crippen molar-refractivity contribution in [2.24, 2.45) is 5.41 Å². The molecule has 0 aromatic heterocycles. The van der Waals surface area contributed by atoms with E-state index in [1.54, 1.807) is 18.2 Å². The Bertz CT molecular complexity index is 1120. The summed E-state index contributed by atoms with van der Waals surface area (Å²) in [4.78, 5) is 41.9. The molecule has 1 aliphatic carbocycles. The van der Waals surface area contributed by atoms with Crippen LogP contribution in [0.5, 0.6) is 0 Å². The van der Waals surface area contributed by atoms with E-state index < -0.39 is 9.75 Å². The van der Waals surface area contributed by atoms with Crippen LogP contribution in [0.1, 0.15) is 47.1 Å². The fourth-order valence-electron chi connectivity index (χ4n) is 4.29. The zero-order chi connectivity index (χ0) is 24.0. The van der Waals surface area contributed by atoms with Gasteiger partial charge in [0.05, 0.1) is 11.4 Å². The number of hydrogen-bond donors (Lipinski definition) is 1. The smallest absolute Gasteiger partial charge is 0.255 e. The highest BCUT2D eigenvalue weighted by Crippen LogP contribution is 2.38. The van der Waals surface area contributed by atoms with Crippen LogP contribution in [0.15, 0.2) is 42.5 Å². The summed E-state index contributed by atoms with van der Waals surface area (Å²) < 4.78 is -1.47. The highest BCUT2D eigenvalue weighted by Gasteiger charge is 2.42. The number of rotatable bonds is 3. The summed E-state index contributed by atoms with van der Waals surface area (Å²) in [5.74, 6) is -0.458. The first-order chi connectivity index (χ1) is 15.5. The average molecular weight is 488 g/mol. The van der Waals surface area contributed by atoms with Gasteiger partial charge < -0.3 is 15.1 Å². The lowest BCUT2D eigenvalue weighted by Crippen LogP contribution is -2.51. The van der Waals surface area contributed by atoms with Crippen molar-refractivity contribution in [1.82, 2.24) is 4.90 Å². The number of carbonyl (C=O) groups excluding carboxylic acids is 3. The van der Waals surface area contributed by atoms with Gasteiger partial charge in [-0.15, -0.1) is 0 Å². The maximum Gasteiger partial charge on any atom is 0.255 e. The standard InChI is InChI=1S/C25H27Cl2N3O3/c1-24(2,3)23(33)30-12-10-29(11-13-30)20-7-5-4-6-19(20)28-22(32)16-8-9-18-17(14-16)15-25(26,27)21(18)31/h4-9,14H,10-13,15H2,1-3H3,(H,28,32). The number of ketones is 1. The van der Waals surface area contributed by atoms with Crippen LogP contribution in [0, 0.1) is 5.41 Å². The molecule has 1 N–H and O–H groups in total. The summed E-state index contributed by atoms with van der Waals surface area (Å²) in [6.45, 7) is 8.43. The number of nitrogens with zero attached hydrogens (tertiary/aromatic N) is 2. The van der Waals surface area contributed by atoms with Gasteiger partial charge in [0.15, 0.2) is 10.1 Å².